The van der Waals surface area contributed by atoms with Crippen LogP contribution in [0.5, 0.6) is 5.75 Å². The molecule has 2 rings (SSSR count). The first-order chi connectivity index (χ1) is 14.4. The minimum Gasteiger partial charge on any atom is -0.492 e. The molecule has 0 bridgehead atoms. The van der Waals surface area contributed by atoms with Gasteiger partial charge in [0.25, 0.3) is 5.91 Å². The maximum Gasteiger partial charge on any atom is 0.490 e. The van der Waals surface area contributed by atoms with Crippen molar-refractivity contribution in [1.82, 2.24) is 5.32 Å². The van der Waals surface area contributed by atoms with E-state index in [1.54, 1.807) is 36.4 Å². The number of nitrogen functional groups attached to an aromatic ring is 1. The number of rotatable bonds is 7. The number of nitrogens with two attached hydrogens (primary N) is 1. The molecule has 1 amide bonds. The van der Waals surface area contributed by atoms with Crippen molar-refractivity contribution in [3.8, 4) is 5.75 Å². The Morgan fingerprint density at radius 3 is 2.19 bits per heavy atom. The maximum absolute atomic E-state index is 12.1. The Morgan fingerprint density at radius 1 is 1.13 bits per heavy atom. The summed E-state index contributed by atoms with van der Waals surface area (Å²) in [5.41, 5.74) is 7.70. The molecule has 2 aromatic carbocycles. The summed E-state index contributed by atoms with van der Waals surface area (Å²) in [6.45, 7) is 0.724. The van der Waals surface area contributed by atoms with Crippen LogP contribution in [0.25, 0.3) is 0 Å². The van der Waals surface area contributed by atoms with Crippen LogP contribution in [0.3, 0.4) is 0 Å². The number of ether oxygens (including phenoxy) is 1. The van der Waals surface area contributed by atoms with Gasteiger partial charge in [-0.25, -0.2) is 4.79 Å². The number of carbonyl (C=O) groups is 2. The van der Waals surface area contributed by atoms with Crippen LogP contribution in [0, 0.1) is 5.41 Å². The van der Waals surface area contributed by atoms with Crippen LogP contribution in [0.1, 0.15) is 15.9 Å². The van der Waals surface area contributed by atoms with Gasteiger partial charge in [-0.05, 0) is 36.4 Å². The van der Waals surface area contributed by atoms with Crippen LogP contribution in [0.15, 0.2) is 48.5 Å². The van der Waals surface area contributed by atoms with Gasteiger partial charge >= 0.3 is 12.1 Å². The van der Waals surface area contributed by atoms with Gasteiger partial charge in [-0.2, -0.15) is 13.2 Å². The number of nitrogens with one attached hydrogen (secondary N) is 2. The molecule has 0 atom stereocenters. The maximum atomic E-state index is 12.1. The fourth-order valence-corrected chi connectivity index (χ4v) is 2.10. The number of carbonyl (C=O) groups excluding carboxylic acids is 1. The van der Waals surface area contributed by atoms with Crippen LogP contribution < -0.4 is 20.7 Å². The first-order valence-corrected chi connectivity index (χ1v) is 8.84. The largest absolute Gasteiger partial charge is 0.492 e. The van der Waals surface area contributed by atoms with Crippen molar-refractivity contribution in [2.45, 2.75) is 6.18 Å². The average molecular weight is 440 g/mol. The highest BCUT2D eigenvalue weighted by Crippen LogP contribution is 2.14. The second-order valence-corrected chi connectivity index (χ2v) is 6.29. The summed E-state index contributed by atoms with van der Waals surface area (Å²) >= 11 is 0. The average Bonchev–Trinajstić information content (AvgIpc) is 2.71. The van der Waals surface area contributed by atoms with Crippen molar-refractivity contribution in [3.05, 3.63) is 59.7 Å². The number of hydrogen-bond acceptors (Lipinski definition) is 5. The lowest BCUT2D eigenvalue weighted by Gasteiger charge is -2.13. The lowest BCUT2D eigenvalue weighted by molar-refractivity contribution is -0.192. The van der Waals surface area contributed by atoms with Gasteiger partial charge in [0.2, 0.25) is 0 Å². The first kappa shape index (κ1) is 25.3. The molecule has 0 aliphatic rings. The highest BCUT2D eigenvalue weighted by atomic mass is 19.4. The second-order valence-electron chi connectivity index (χ2n) is 6.29. The number of hydrogen-bond donors (Lipinski definition) is 4. The van der Waals surface area contributed by atoms with Gasteiger partial charge in [-0.15, -0.1) is 0 Å². The minimum atomic E-state index is -5.08. The molecule has 0 fully saturated rings. The van der Waals surface area contributed by atoms with E-state index in [0.717, 1.165) is 5.69 Å². The van der Waals surface area contributed by atoms with Gasteiger partial charge in [0, 0.05) is 30.9 Å². The van der Waals surface area contributed by atoms with Crippen molar-refractivity contribution in [2.24, 2.45) is 5.73 Å². The van der Waals surface area contributed by atoms with Crippen molar-refractivity contribution in [2.75, 3.05) is 32.1 Å². The number of halogens is 3. The minimum absolute atomic E-state index is 0.00470. The van der Waals surface area contributed by atoms with E-state index in [0.29, 0.717) is 30.0 Å². The second kappa shape index (κ2) is 11.4. The summed E-state index contributed by atoms with van der Waals surface area (Å²) in [7, 11) is 3.90. The van der Waals surface area contributed by atoms with Gasteiger partial charge in [0.1, 0.15) is 18.2 Å². The van der Waals surface area contributed by atoms with Crippen LogP contribution in [0.4, 0.5) is 18.9 Å². The van der Waals surface area contributed by atoms with Gasteiger partial charge < -0.3 is 25.8 Å². The van der Waals surface area contributed by atoms with E-state index >= 15 is 0 Å². The Kier molecular flexibility index (Phi) is 9.32. The molecule has 8 nitrogen and oxygen atoms in total. The predicted molar refractivity (Wildman–Crippen MR) is 110 cm³/mol. The third-order valence-electron chi connectivity index (χ3n) is 3.69. The van der Waals surface area contributed by atoms with E-state index in [4.69, 9.17) is 25.8 Å². The van der Waals surface area contributed by atoms with Crippen LogP contribution in [-0.2, 0) is 4.79 Å². The lowest BCUT2D eigenvalue weighted by atomic mass is 10.2. The standard InChI is InChI=1S/C18H22N4O2.C2HF3O2/c1-22(2)15-8-6-13(7-9-15)18(23)21-10-11-24-16-5-3-4-14(12-16)17(19)20;3-2(4,5)1(6)7/h3-9,12H,10-11H2,1-2H3,(H3,19,20)(H,21,23);(H,6,7). The van der Waals surface area contributed by atoms with Gasteiger partial charge in [0.05, 0.1) is 6.54 Å². The highest BCUT2D eigenvalue weighted by molar-refractivity contribution is 5.95. The van der Waals surface area contributed by atoms with Gasteiger partial charge in [-0.3, -0.25) is 10.2 Å². The molecule has 168 valence electrons. The summed E-state index contributed by atoms with van der Waals surface area (Å²) in [5.74, 6) is -2.28. The number of benzene rings is 2. The van der Waals surface area contributed by atoms with Crippen LogP contribution in [-0.4, -0.2) is 56.2 Å². The molecular weight excluding hydrogens is 417 g/mol. The number of aliphatic carboxylic acids is 1. The summed E-state index contributed by atoms with van der Waals surface area (Å²) in [4.78, 5) is 22.9. The molecule has 5 N–H and O–H groups in total. The summed E-state index contributed by atoms with van der Waals surface area (Å²) in [5, 5.41) is 17.3. The molecule has 0 heterocycles. The summed E-state index contributed by atoms with van der Waals surface area (Å²) in [6.07, 6.45) is -5.08. The Hall–Kier alpha value is -3.76. The molecule has 0 saturated heterocycles. The Labute approximate surface area is 176 Å². The number of anilines is 1. The van der Waals surface area contributed by atoms with E-state index < -0.39 is 12.1 Å². The molecule has 0 spiro atoms. The van der Waals surface area contributed by atoms with Crippen molar-refractivity contribution >= 4 is 23.4 Å². The van der Waals surface area contributed by atoms with Gasteiger partial charge in [-0.1, -0.05) is 12.1 Å². The van der Waals surface area contributed by atoms with Crippen molar-refractivity contribution < 1.29 is 32.6 Å². The lowest BCUT2D eigenvalue weighted by Crippen LogP contribution is -2.28. The van der Waals surface area contributed by atoms with Crippen molar-refractivity contribution in [1.29, 1.82) is 5.41 Å². The summed E-state index contributed by atoms with van der Waals surface area (Å²) in [6, 6.07) is 14.4. The fraction of sp³-hybridized carbons (Fsp3) is 0.250. The third kappa shape index (κ3) is 9.07. The molecule has 2 aromatic rings. The molecule has 0 aliphatic carbocycles. The number of carboxylic acids is 1. The zero-order valence-electron chi connectivity index (χ0n) is 16.9. The highest BCUT2D eigenvalue weighted by Gasteiger charge is 2.38. The number of carboxylic acid groups (broad SMARTS) is 1. The zero-order valence-corrected chi connectivity index (χ0v) is 16.9. The van der Waals surface area contributed by atoms with E-state index in [9.17, 15) is 18.0 Å². The molecule has 0 saturated carbocycles. The smallest absolute Gasteiger partial charge is 0.490 e. The zero-order chi connectivity index (χ0) is 23.6. The van der Waals surface area contributed by atoms with Gasteiger partial charge in [0.15, 0.2) is 0 Å². The van der Waals surface area contributed by atoms with Crippen LogP contribution >= 0.6 is 0 Å². The van der Waals surface area contributed by atoms with E-state index in [1.165, 1.54) is 0 Å². The first-order valence-electron chi connectivity index (χ1n) is 8.84. The molecule has 31 heavy (non-hydrogen) atoms. The molecular formula is C20H23F3N4O4. The number of amides is 1. The third-order valence-corrected chi connectivity index (χ3v) is 3.69. The monoisotopic (exact) mass is 440 g/mol. The van der Waals surface area contributed by atoms with E-state index in [-0.39, 0.29) is 11.7 Å². The number of alkyl halides is 3. The van der Waals surface area contributed by atoms with Crippen LogP contribution in [0.2, 0.25) is 0 Å². The normalized spacial score (nSPS) is 10.4. The van der Waals surface area contributed by atoms with E-state index in [1.807, 2.05) is 31.1 Å². The molecule has 0 radical (unpaired) electrons. The molecule has 0 aliphatic heterocycles. The van der Waals surface area contributed by atoms with Crippen molar-refractivity contribution in [3.63, 3.8) is 0 Å². The molecule has 11 heteroatoms. The molecule has 0 aromatic heterocycles. The SMILES string of the molecule is CN(C)c1ccc(C(=O)NCCOc2cccc(C(=N)N)c2)cc1.O=C(O)C(F)(F)F. The topological polar surface area (TPSA) is 129 Å². The summed E-state index contributed by atoms with van der Waals surface area (Å²) < 4.78 is 37.3. The molecule has 0 unspecified atom stereocenters. The Balaban J connectivity index is 0.000000592. The Bertz CT molecular complexity index is 900. The Morgan fingerprint density at radius 2 is 1.71 bits per heavy atom. The fourth-order valence-electron chi connectivity index (χ4n) is 2.10. The predicted octanol–water partition coefficient (Wildman–Crippen LogP) is 2.48. The quantitative estimate of drug-likeness (QED) is 0.297. The van der Waals surface area contributed by atoms with E-state index in [2.05, 4.69) is 5.32 Å². The number of nitrogens with zero attached hydrogens (tertiary/aromatic N) is 1. The number of amidine groups is 1.